The maximum absolute atomic E-state index is 12.9. The third kappa shape index (κ3) is 5.34. The summed E-state index contributed by atoms with van der Waals surface area (Å²) in [6.45, 7) is 4.58. The summed E-state index contributed by atoms with van der Waals surface area (Å²) in [4.78, 5) is 0.0717. The minimum Gasteiger partial charge on any atom is -0.495 e. The second-order valence-electron chi connectivity index (χ2n) is 6.96. The van der Waals surface area contributed by atoms with E-state index in [0.29, 0.717) is 13.1 Å². The van der Waals surface area contributed by atoms with Gasteiger partial charge in [0.2, 0.25) is 20.0 Å². The molecule has 1 saturated heterocycles. The van der Waals surface area contributed by atoms with Gasteiger partial charge in [0, 0.05) is 13.1 Å². The first-order valence-corrected chi connectivity index (χ1v) is 11.9. The number of hydrogen-bond acceptors (Lipinski definition) is 5. The zero-order valence-electron chi connectivity index (χ0n) is 15.6. The Bertz CT molecular complexity index is 812. The summed E-state index contributed by atoms with van der Waals surface area (Å²) in [5.41, 5.74) is 0.143. The van der Waals surface area contributed by atoms with Crippen molar-refractivity contribution in [3.63, 3.8) is 0 Å². The molecule has 148 valence electrons. The Hall–Kier alpha value is -1.32. The molecule has 0 saturated carbocycles. The van der Waals surface area contributed by atoms with Gasteiger partial charge in [-0.15, -0.1) is 0 Å². The third-order valence-corrected chi connectivity index (χ3v) is 7.72. The van der Waals surface area contributed by atoms with Crippen LogP contribution in [0, 0.1) is 5.92 Å². The van der Waals surface area contributed by atoms with Crippen molar-refractivity contribution >= 4 is 25.7 Å². The van der Waals surface area contributed by atoms with E-state index in [1.165, 1.54) is 29.6 Å². The summed E-state index contributed by atoms with van der Waals surface area (Å²) in [6.07, 6.45) is 3.72. The third-order valence-electron chi connectivity index (χ3n) is 4.19. The SMILES string of the molecule is COc1ccc(S(=O)(=O)N2CCCCCC2)cc1NS(=O)(=O)CC(C)C. The van der Waals surface area contributed by atoms with Crippen LogP contribution in [0.4, 0.5) is 5.69 Å². The van der Waals surface area contributed by atoms with E-state index in [1.54, 1.807) is 13.8 Å². The second kappa shape index (κ2) is 8.58. The Morgan fingerprint density at radius 1 is 1.08 bits per heavy atom. The Morgan fingerprint density at radius 2 is 1.69 bits per heavy atom. The van der Waals surface area contributed by atoms with Gasteiger partial charge in [0.15, 0.2) is 0 Å². The lowest BCUT2D eigenvalue weighted by atomic mass is 10.2. The first-order chi connectivity index (χ1) is 12.2. The van der Waals surface area contributed by atoms with Crippen molar-refractivity contribution in [3.8, 4) is 5.75 Å². The van der Waals surface area contributed by atoms with E-state index in [2.05, 4.69) is 4.72 Å². The van der Waals surface area contributed by atoms with Crippen LogP contribution in [0.15, 0.2) is 23.1 Å². The summed E-state index contributed by atoms with van der Waals surface area (Å²) in [5, 5.41) is 0. The van der Waals surface area contributed by atoms with Crippen LogP contribution in [0.3, 0.4) is 0 Å². The number of ether oxygens (including phenoxy) is 1. The molecule has 1 N–H and O–H groups in total. The summed E-state index contributed by atoms with van der Waals surface area (Å²) >= 11 is 0. The van der Waals surface area contributed by atoms with Crippen molar-refractivity contribution in [2.45, 2.75) is 44.4 Å². The fourth-order valence-corrected chi connectivity index (χ4v) is 6.01. The van der Waals surface area contributed by atoms with E-state index in [1.807, 2.05) is 0 Å². The van der Waals surface area contributed by atoms with Crippen LogP contribution in [0.5, 0.6) is 5.75 Å². The normalized spacial score (nSPS) is 17.1. The molecular weight excluding hydrogens is 376 g/mol. The van der Waals surface area contributed by atoms with Crippen molar-refractivity contribution in [1.29, 1.82) is 0 Å². The van der Waals surface area contributed by atoms with Crippen LogP contribution in [0.25, 0.3) is 0 Å². The highest BCUT2D eigenvalue weighted by Crippen LogP contribution is 2.30. The van der Waals surface area contributed by atoms with E-state index in [0.717, 1.165) is 25.7 Å². The molecule has 0 spiro atoms. The predicted octanol–water partition coefficient (Wildman–Crippen LogP) is 2.66. The smallest absolute Gasteiger partial charge is 0.243 e. The fraction of sp³-hybridized carbons (Fsp3) is 0.647. The molecule has 1 aromatic rings. The topological polar surface area (TPSA) is 92.8 Å². The maximum Gasteiger partial charge on any atom is 0.243 e. The van der Waals surface area contributed by atoms with Crippen molar-refractivity contribution in [2.75, 3.05) is 30.7 Å². The molecule has 1 aliphatic heterocycles. The van der Waals surface area contributed by atoms with E-state index in [-0.39, 0.29) is 28.0 Å². The van der Waals surface area contributed by atoms with Gasteiger partial charge in [0.1, 0.15) is 5.75 Å². The van der Waals surface area contributed by atoms with Crippen LogP contribution in [-0.2, 0) is 20.0 Å². The Morgan fingerprint density at radius 3 is 2.23 bits per heavy atom. The number of benzene rings is 1. The van der Waals surface area contributed by atoms with Crippen LogP contribution < -0.4 is 9.46 Å². The quantitative estimate of drug-likeness (QED) is 0.754. The molecule has 0 unspecified atom stereocenters. The zero-order chi connectivity index (χ0) is 19.4. The predicted molar refractivity (Wildman–Crippen MR) is 102 cm³/mol. The molecule has 0 amide bonds. The first kappa shape index (κ1) is 21.0. The van der Waals surface area contributed by atoms with Crippen molar-refractivity contribution in [2.24, 2.45) is 5.92 Å². The summed E-state index contributed by atoms with van der Waals surface area (Å²) in [6, 6.07) is 4.29. The molecule has 9 heteroatoms. The standard InChI is InChI=1S/C17H28N2O5S2/c1-14(2)13-25(20,21)18-16-12-15(8-9-17(16)24-3)26(22,23)19-10-6-4-5-7-11-19/h8-9,12,14,18H,4-7,10-11,13H2,1-3H3. The molecule has 2 rings (SSSR count). The van der Waals surface area contributed by atoms with Gasteiger partial charge in [-0.1, -0.05) is 26.7 Å². The molecule has 1 aromatic carbocycles. The highest BCUT2D eigenvalue weighted by molar-refractivity contribution is 7.92. The van der Waals surface area contributed by atoms with Gasteiger partial charge in [0.25, 0.3) is 0 Å². The van der Waals surface area contributed by atoms with Gasteiger partial charge in [-0.2, -0.15) is 4.31 Å². The lowest BCUT2D eigenvalue weighted by molar-refractivity contribution is 0.415. The molecule has 1 heterocycles. The van der Waals surface area contributed by atoms with Crippen molar-refractivity contribution in [1.82, 2.24) is 4.31 Å². The number of sulfonamides is 2. The number of hydrogen-bond donors (Lipinski definition) is 1. The molecule has 0 radical (unpaired) electrons. The van der Waals surface area contributed by atoms with E-state index < -0.39 is 20.0 Å². The Balaban J connectivity index is 2.36. The lowest BCUT2D eigenvalue weighted by Crippen LogP contribution is -2.32. The van der Waals surface area contributed by atoms with Crippen LogP contribution in [0.2, 0.25) is 0 Å². The molecule has 0 bridgehead atoms. The minimum atomic E-state index is -3.67. The second-order valence-corrected chi connectivity index (χ2v) is 10.7. The van der Waals surface area contributed by atoms with Gasteiger partial charge >= 0.3 is 0 Å². The Kier molecular flexibility index (Phi) is 6.92. The fourth-order valence-electron chi connectivity index (χ4n) is 3.01. The van der Waals surface area contributed by atoms with Crippen LogP contribution in [-0.4, -0.2) is 47.1 Å². The van der Waals surface area contributed by atoms with Gasteiger partial charge < -0.3 is 4.74 Å². The molecule has 0 atom stereocenters. The molecule has 1 fully saturated rings. The largest absolute Gasteiger partial charge is 0.495 e. The van der Waals surface area contributed by atoms with Gasteiger partial charge in [-0.25, -0.2) is 16.8 Å². The molecular formula is C17H28N2O5S2. The number of methoxy groups -OCH3 is 1. The summed E-state index contributed by atoms with van der Waals surface area (Å²) in [7, 11) is -5.85. The monoisotopic (exact) mass is 404 g/mol. The lowest BCUT2D eigenvalue weighted by Gasteiger charge is -2.21. The number of anilines is 1. The summed E-state index contributed by atoms with van der Waals surface area (Å²) < 4.78 is 59.5. The Labute approximate surface area is 156 Å². The number of nitrogens with one attached hydrogen (secondary N) is 1. The average Bonchev–Trinajstić information content (AvgIpc) is 2.82. The van der Waals surface area contributed by atoms with Gasteiger partial charge in [-0.3, -0.25) is 4.72 Å². The van der Waals surface area contributed by atoms with E-state index in [4.69, 9.17) is 4.74 Å². The molecule has 0 aliphatic carbocycles. The highest BCUT2D eigenvalue weighted by Gasteiger charge is 2.26. The van der Waals surface area contributed by atoms with Crippen LogP contribution >= 0.6 is 0 Å². The van der Waals surface area contributed by atoms with Gasteiger partial charge in [0.05, 0.1) is 23.4 Å². The summed E-state index contributed by atoms with van der Waals surface area (Å²) in [5.74, 6) is 0.175. The number of rotatable bonds is 7. The minimum absolute atomic E-state index is 0.0532. The zero-order valence-corrected chi connectivity index (χ0v) is 17.2. The van der Waals surface area contributed by atoms with E-state index >= 15 is 0 Å². The molecule has 26 heavy (non-hydrogen) atoms. The van der Waals surface area contributed by atoms with E-state index in [9.17, 15) is 16.8 Å². The first-order valence-electron chi connectivity index (χ1n) is 8.84. The van der Waals surface area contributed by atoms with Crippen molar-refractivity contribution < 1.29 is 21.6 Å². The highest BCUT2D eigenvalue weighted by atomic mass is 32.2. The molecule has 7 nitrogen and oxygen atoms in total. The molecule has 1 aliphatic rings. The number of nitrogens with zero attached hydrogens (tertiary/aromatic N) is 1. The maximum atomic E-state index is 12.9. The van der Waals surface area contributed by atoms with Crippen LogP contribution in [0.1, 0.15) is 39.5 Å². The van der Waals surface area contributed by atoms with Gasteiger partial charge in [-0.05, 0) is 37.0 Å². The molecule has 0 aromatic heterocycles. The van der Waals surface area contributed by atoms with Crippen molar-refractivity contribution in [3.05, 3.63) is 18.2 Å². The average molecular weight is 405 g/mol.